The van der Waals surface area contributed by atoms with Crippen molar-refractivity contribution in [1.29, 1.82) is 0 Å². The number of carbonyl (C=O) groups is 1. The molecule has 4 aliphatic rings. The monoisotopic (exact) mass is 302 g/mol. The van der Waals surface area contributed by atoms with Gasteiger partial charge in [0.25, 0.3) is 0 Å². The van der Waals surface area contributed by atoms with Crippen molar-refractivity contribution in [3.8, 4) is 0 Å². The van der Waals surface area contributed by atoms with Crippen LogP contribution in [0.5, 0.6) is 0 Å². The fraction of sp³-hybridized carbons (Fsp3) is 0.850. The van der Waals surface area contributed by atoms with E-state index in [1.54, 1.807) is 0 Å². The van der Waals surface area contributed by atoms with Crippen LogP contribution in [-0.4, -0.2) is 10.9 Å². The third kappa shape index (κ3) is 1.76. The number of carbonyl (C=O) groups excluding carboxylic acids is 1. The fourth-order valence-corrected chi connectivity index (χ4v) is 7.08. The Morgan fingerprint density at radius 1 is 1.05 bits per heavy atom. The molecule has 0 saturated heterocycles. The van der Waals surface area contributed by atoms with Gasteiger partial charge in [0.15, 0.2) is 5.78 Å². The summed E-state index contributed by atoms with van der Waals surface area (Å²) in [6.45, 7) is 4.75. The summed E-state index contributed by atoms with van der Waals surface area (Å²) in [5.74, 6) is 3.18. The summed E-state index contributed by atoms with van der Waals surface area (Å²) < 4.78 is 0. The van der Waals surface area contributed by atoms with Crippen molar-refractivity contribution in [2.24, 2.45) is 34.5 Å². The maximum Gasteiger partial charge on any atom is 0.168 e. The summed E-state index contributed by atoms with van der Waals surface area (Å²) >= 11 is 0. The molecule has 0 aromatic carbocycles. The van der Waals surface area contributed by atoms with Crippen LogP contribution in [0.4, 0.5) is 0 Å². The zero-order chi connectivity index (χ0) is 15.5. The highest BCUT2D eigenvalue weighted by Crippen LogP contribution is 2.65. The molecule has 4 rings (SSSR count). The lowest BCUT2D eigenvalue weighted by Crippen LogP contribution is -2.52. The third-order valence-electron chi connectivity index (χ3n) is 8.38. The average molecular weight is 302 g/mol. The quantitative estimate of drug-likeness (QED) is 0.503. The molecule has 0 aliphatic heterocycles. The Labute approximate surface area is 134 Å². The van der Waals surface area contributed by atoms with Crippen LogP contribution in [0.25, 0.3) is 0 Å². The van der Waals surface area contributed by atoms with Crippen molar-refractivity contribution in [2.45, 2.75) is 71.6 Å². The first-order chi connectivity index (χ1) is 10.5. The molecule has 122 valence electrons. The summed E-state index contributed by atoms with van der Waals surface area (Å²) in [7, 11) is 0. The van der Waals surface area contributed by atoms with Crippen molar-refractivity contribution < 1.29 is 9.90 Å². The maximum absolute atomic E-state index is 12.7. The van der Waals surface area contributed by atoms with Crippen LogP contribution in [0, 0.1) is 34.5 Å². The number of aliphatic hydroxyl groups excluding tert-OH is 1. The van der Waals surface area contributed by atoms with Crippen LogP contribution in [0.15, 0.2) is 11.8 Å². The Hall–Kier alpha value is -0.790. The molecule has 2 nitrogen and oxygen atoms in total. The molecule has 0 radical (unpaired) electrons. The molecule has 0 spiro atoms. The number of hydrogen-bond donors (Lipinski definition) is 1. The normalized spacial score (nSPS) is 53.0. The number of Topliss-reactive ketones (excluding diaryl/α,β-unsaturated/α-hetero) is 1. The van der Waals surface area contributed by atoms with E-state index in [9.17, 15) is 9.90 Å². The third-order valence-corrected chi connectivity index (χ3v) is 8.38. The number of ketones is 1. The smallest absolute Gasteiger partial charge is 0.168 e. The van der Waals surface area contributed by atoms with Gasteiger partial charge in [0.1, 0.15) is 0 Å². The highest BCUT2D eigenvalue weighted by Gasteiger charge is 2.60. The predicted molar refractivity (Wildman–Crippen MR) is 87.4 cm³/mol. The van der Waals surface area contributed by atoms with E-state index < -0.39 is 0 Å². The molecule has 22 heavy (non-hydrogen) atoms. The minimum absolute atomic E-state index is 0.187. The van der Waals surface area contributed by atoms with Gasteiger partial charge in [0.2, 0.25) is 0 Å². The van der Waals surface area contributed by atoms with Gasteiger partial charge >= 0.3 is 0 Å². The van der Waals surface area contributed by atoms with E-state index in [1.165, 1.54) is 44.9 Å². The van der Waals surface area contributed by atoms with E-state index in [1.807, 2.05) is 0 Å². The molecule has 0 amide bonds. The number of rotatable bonds is 0. The first kappa shape index (κ1) is 14.8. The minimum Gasteiger partial charge on any atom is -0.515 e. The molecule has 1 N–H and O–H groups in total. The van der Waals surface area contributed by atoms with Crippen LogP contribution >= 0.6 is 0 Å². The maximum atomic E-state index is 12.7. The highest BCUT2D eigenvalue weighted by atomic mass is 16.2. The van der Waals surface area contributed by atoms with Crippen LogP contribution in [0.2, 0.25) is 0 Å². The second-order valence-corrected chi connectivity index (χ2v) is 9.05. The first-order valence-electron chi connectivity index (χ1n) is 9.39. The first-order valence-corrected chi connectivity index (χ1v) is 9.39. The summed E-state index contributed by atoms with van der Waals surface area (Å²) in [6.07, 6.45) is 12.6. The van der Waals surface area contributed by atoms with Crippen LogP contribution < -0.4 is 0 Å². The van der Waals surface area contributed by atoms with Crippen LogP contribution in [0.1, 0.15) is 71.6 Å². The zero-order valence-electron chi connectivity index (χ0n) is 14.1. The van der Waals surface area contributed by atoms with Crippen LogP contribution in [0.3, 0.4) is 0 Å². The Morgan fingerprint density at radius 2 is 1.86 bits per heavy atom. The number of hydrogen-bond acceptors (Lipinski definition) is 2. The fourth-order valence-electron chi connectivity index (χ4n) is 7.08. The second kappa shape index (κ2) is 4.85. The summed E-state index contributed by atoms with van der Waals surface area (Å²) in [5.41, 5.74) is 1.04. The Morgan fingerprint density at radius 3 is 2.64 bits per heavy atom. The number of fused-ring (bicyclic) bond motifs is 5. The lowest BCUT2D eigenvalue weighted by atomic mass is 9.45. The minimum atomic E-state index is -0.187. The molecule has 0 heterocycles. The lowest BCUT2D eigenvalue weighted by molar-refractivity contribution is -0.137. The topological polar surface area (TPSA) is 37.3 Å². The van der Waals surface area contributed by atoms with E-state index in [2.05, 4.69) is 13.8 Å². The second-order valence-electron chi connectivity index (χ2n) is 9.05. The molecule has 0 aromatic rings. The van der Waals surface area contributed by atoms with Gasteiger partial charge in [-0.3, -0.25) is 4.79 Å². The predicted octanol–water partition coefficient (Wildman–Crippen LogP) is 5.04. The molecule has 0 unspecified atom stereocenters. The van der Waals surface area contributed by atoms with Gasteiger partial charge in [-0.15, -0.1) is 0 Å². The Bertz CT molecular complexity index is 522. The van der Waals surface area contributed by atoms with Crippen LogP contribution in [-0.2, 0) is 4.79 Å². The lowest BCUT2D eigenvalue weighted by Gasteiger charge is -2.59. The van der Waals surface area contributed by atoms with E-state index >= 15 is 0 Å². The van der Waals surface area contributed by atoms with Crippen molar-refractivity contribution in [2.75, 3.05) is 0 Å². The summed E-state index contributed by atoms with van der Waals surface area (Å²) in [5, 5.41) is 9.45. The van der Waals surface area contributed by atoms with Gasteiger partial charge in [0, 0.05) is 11.0 Å². The van der Waals surface area contributed by atoms with Gasteiger partial charge in [-0.2, -0.15) is 0 Å². The van der Waals surface area contributed by atoms with E-state index in [0.717, 1.165) is 30.9 Å². The standard InChI is InChI=1S/C20H30O2/c1-19-9-4-3-5-14(19)6-7-15-16(19)8-10-20(2)17(15)11-13(12-21)18(20)22/h12,14-17,21H,3-11H2,1-2H3/t14-,15-,16+,17+,19+,20+/m1/s1. The van der Waals surface area contributed by atoms with Gasteiger partial charge in [-0.25, -0.2) is 0 Å². The average Bonchev–Trinajstić information content (AvgIpc) is 2.78. The van der Waals surface area contributed by atoms with E-state index in [0.29, 0.717) is 22.8 Å². The molecule has 0 bridgehead atoms. The summed E-state index contributed by atoms with van der Waals surface area (Å²) in [4.78, 5) is 12.7. The summed E-state index contributed by atoms with van der Waals surface area (Å²) in [6, 6.07) is 0. The number of aliphatic hydroxyl groups is 1. The Kier molecular flexibility index (Phi) is 3.26. The molecule has 6 atom stereocenters. The van der Waals surface area contributed by atoms with Crippen molar-refractivity contribution in [3.63, 3.8) is 0 Å². The molecule has 2 heteroatoms. The largest absolute Gasteiger partial charge is 0.515 e. The van der Waals surface area contributed by atoms with Crippen molar-refractivity contribution in [1.82, 2.24) is 0 Å². The molecule has 0 aromatic heterocycles. The van der Waals surface area contributed by atoms with Gasteiger partial charge in [0.05, 0.1) is 6.26 Å². The molecular weight excluding hydrogens is 272 g/mol. The van der Waals surface area contributed by atoms with Gasteiger partial charge < -0.3 is 5.11 Å². The van der Waals surface area contributed by atoms with Gasteiger partial charge in [-0.1, -0.05) is 26.7 Å². The number of allylic oxidation sites excluding steroid dienone is 1. The van der Waals surface area contributed by atoms with E-state index in [4.69, 9.17) is 0 Å². The molecule has 4 saturated carbocycles. The molecule has 4 fully saturated rings. The Balaban J connectivity index is 1.68. The zero-order valence-corrected chi connectivity index (χ0v) is 14.1. The SMILES string of the molecule is C[C@]12CCCC[C@@H]1CC[C@@H]1[C@@H]2CC[C@]2(C)C(=O)C(=CO)C[C@@H]12. The highest BCUT2D eigenvalue weighted by molar-refractivity contribution is 6.02. The molecule has 4 aliphatic carbocycles. The van der Waals surface area contributed by atoms with Crippen molar-refractivity contribution in [3.05, 3.63) is 11.8 Å². The van der Waals surface area contributed by atoms with E-state index in [-0.39, 0.29) is 11.2 Å². The van der Waals surface area contributed by atoms with Gasteiger partial charge in [-0.05, 0) is 74.0 Å². The molecular formula is C20H30O2. The van der Waals surface area contributed by atoms with Crippen molar-refractivity contribution >= 4 is 5.78 Å².